The lowest BCUT2D eigenvalue weighted by molar-refractivity contribution is -0.139. The van der Waals surface area contributed by atoms with Gasteiger partial charge in [0, 0.05) is 22.6 Å². The van der Waals surface area contributed by atoms with Crippen molar-refractivity contribution in [2.75, 3.05) is 5.75 Å². The third-order valence-corrected chi connectivity index (χ3v) is 4.07. The zero-order chi connectivity index (χ0) is 17.5. The van der Waals surface area contributed by atoms with Crippen LogP contribution >= 0.6 is 27.7 Å². The average Bonchev–Trinajstić information content (AvgIpc) is 2.40. The third-order valence-electron chi connectivity index (χ3n) is 2.57. The molecule has 0 aliphatic rings. The van der Waals surface area contributed by atoms with Crippen molar-refractivity contribution in [1.82, 2.24) is 10.3 Å². The van der Waals surface area contributed by atoms with E-state index in [1.165, 1.54) is 0 Å². The van der Waals surface area contributed by atoms with Crippen LogP contribution in [0.1, 0.15) is 32.8 Å². The van der Waals surface area contributed by atoms with Crippen LogP contribution in [0.3, 0.4) is 0 Å². The van der Waals surface area contributed by atoms with E-state index in [-0.39, 0.29) is 0 Å². The first kappa shape index (κ1) is 19.8. The third kappa shape index (κ3) is 8.80. The summed E-state index contributed by atoms with van der Waals surface area (Å²) in [5.41, 5.74) is 0.395. The van der Waals surface area contributed by atoms with E-state index < -0.39 is 23.7 Å². The molecule has 0 aliphatic carbocycles. The summed E-state index contributed by atoms with van der Waals surface area (Å²) in [6, 6.07) is 1.01. The van der Waals surface area contributed by atoms with Crippen molar-refractivity contribution in [1.29, 1.82) is 0 Å². The standard InChI is InChI=1S/C15H21BrN2O4S/c1-15(2,3)22-14(21)18-12(13(19)20)4-5-23-9-10-6-11(16)8-17-7-10/h6-8,12H,4-5,9H2,1-3H3,(H,18,21)(H,19,20). The quantitative estimate of drug-likeness (QED) is 0.676. The molecular formula is C15H21BrN2O4S. The fourth-order valence-electron chi connectivity index (χ4n) is 1.63. The number of nitrogens with zero attached hydrogens (tertiary/aromatic N) is 1. The van der Waals surface area contributed by atoms with Crippen LogP contribution in [0.4, 0.5) is 4.79 Å². The van der Waals surface area contributed by atoms with Crippen LogP contribution in [0.25, 0.3) is 0 Å². The highest BCUT2D eigenvalue weighted by atomic mass is 79.9. The number of ether oxygens (including phenoxy) is 1. The second-order valence-corrected chi connectivity index (χ2v) is 7.91. The van der Waals surface area contributed by atoms with Crippen LogP contribution in [0.15, 0.2) is 22.9 Å². The Balaban J connectivity index is 2.39. The second kappa shape index (κ2) is 9.12. The molecule has 0 bridgehead atoms. The lowest BCUT2D eigenvalue weighted by atomic mass is 10.2. The van der Waals surface area contributed by atoms with E-state index in [4.69, 9.17) is 4.74 Å². The lowest BCUT2D eigenvalue weighted by Crippen LogP contribution is -2.43. The number of nitrogens with one attached hydrogen (secondary N) is 1. The first-order chi connectivity index (χ1) is 10.7. The van der Waals surface area contributed by atoms with E-state index in [9.17, 15) is 14.7 Å². The fourth-order valence-corrected chi connectivity index (χ4v) is 2.99. The van der Waals surface area contributed by atoms with Crippen molar-refractivity contribution in [3.05, 3.63) is 28.5 Å². The number of carbonyl (C=O) groups excluding carboxylic acids is 1. The molecule has 0 fully saturated rings. The van der Waals surface area contributed by atoms with Crippen molar-refractivity contribution in [3.63, 3.8) is 0 Å². The largest absolute Gasteiger partial charge is 0.480 e. The molecule has 0 radical (unpaired) electrons. The van der Waals surface area contributed by atoms with Gasteiger partial charge in [0.1, 0.15) is 11.6 Å². The summed E-state index contributed by atoms with van der Waals surface area (Å²) in [6.07, 6.45) is 3.08. The van der Waals surface area contributed by atoms with Crippen LogP contribution in [0, 0.1) is 0 Å². The monoisotopic (exact) mass is 404 g/mol. The molecule has 1 aromatic heterocycles. The fraction of sp³-hybridized carbons (Fsp3) is 0.533. The predicted molar refractivity (Wildman–Crippen MR) is 93.5 cm³/mol. The predicted octanol–water partition coefficient (Wildman–Crippen LogP) is 3.45. The Morgan fingerprint density at radius 2 is 2.13 bits per heavy atom. The summed E-state index contributed by atoms with van der Waals surface area (Å²) in [7, 11) is 0. The van der Waals surface area contributed by atoms with Gasteiger partial charge in [0.15, 0.2) is 0 Å². The van der Waals surface area contributed by atoms with Crippen LogP contribution in [0.5, 0.6) is 0 Å². The van der Waals surface area contributed by atoms with Gasteiger partial charge in [-0.3, -0.25) is 4.98 Å². The van der Waals surface area contributed by atoms with Gasteiger partial charge in [-0.25, -0.2) is 9.59 Å². The molecule has 6 nitrogen and oxygen atoms in total. The van der Waals surface area contributed by atoms with Gasteiger partial charge < -0.3 is 15.2 Å². The molecule has 1 rings (SSSR count). The van der Waals surface area contributed by atoms with Crippen LogP contribution in [0.2, 0.25) is 0 Å². The maximum atomic E-state index is 11.6. The average molecular weight is 405 g/mol. The smallest absolute Gasteiger partial charge is 0.408 e. The van der Waals surface area contributed by atoms with E-state index in [0.717, 1.165) is 15.8 Å². The molecule has 2 N–H and O–H groups in total. The topological polar surface area (TPSA) is 88.5 Å². The second-order valence-electron chi connectivity index (χ2n) is 5.89. The molecular weight excluding hydrogens is 384 g/mol. The number of halogens is 1. The Morgan fingerprint density at radius 1 is 1.43 bits per heavy atom. The van der Waals surface area contributed by atoms with Gasteiger partial charge in [-0.05, 0) is 60.5 Å². The highest BCUT2D eigenvalue weighted by Crippen LogP contribution is 2.17. The number of carboxylic acids is 1. The lowest BCUT2D eigenvalue weighted by Gasteiger charge is -2.21. The van der Waals surface area contributed by atoms with Crippen LogP contribution in [-0.4, -0.2) is 39.5 Å². The number of aromatic nitrogens is 1. The molecule has 128 valence electrons. The van der Waals surface area contributed by atoms with Crippen LogP contribution < -0.4 is 5.32 Å². The molecule has 0 saturated carbocycles. The summed E-state index contributed by atoms with van der Waals surface area (Å²) in [4.78, 5) is 26.9. The van der Waals surface area contributed by atoms with E-state index in [1.807, 2.05) is 6.07 Å². The van der Waals surface area contributed by atoms with Gasteiger partial charge in [-0.2, -0.15) is 11.8 Å². The van der Waals surface area contributed by atoms with Gasteiger partial charge in [-0.15, -0.1) is 0 Å². The molecule has 23 heavy (non-hydrogen) atoms. The Bertz CT molecular complexity index is 549. The van der Waals surface area contributed by atoms with Crippen molar-refractivity contribution >= 4 is 39.8 Å². The minimum absolute atomic E-state index is 0.320. The Hall–Kier alpha value is -1.28. The first-order valence-electron chi connectivity index (χ1n) is 7.07. The first-order valence-corrected chi connectivity index (χ1v) is 9.01. The Morgan fingerprint density at radius 3 is 2.70 bits per heavy atom. The molecule has 1 amide bonds. The van der Waals surface area contributed by atoms with E-state index in [2.05, 4.69) is 26.2 Å². The maximum absolute atomic E-state index is 11.6. The molecule has 1 aromatic rings. The molecule has 0 aliphatic heterocycles. The maximum Gasteiger partial charge on any atom is 0.408 e. The number of hydrogen-bond donors (Lipinski definition) is 2. The molecule has 0 aromatic carbocycles. The summed E-state index contributed by atoms with van der Waals surface area (Å²) in [5, 5.41) is 11.6. The molecule has 0 spiro atoms. The number of pyridine rings is 1. The van der Waals surface area contributed by atoms with E-state index >= 15 is 0 Å². The van der Waals surface area contributed by atoms with Gasteiger partial charge in [0.2, 0.25) is 0 Å². The van der Waals surface area contributed by atoms with E-state index in [1.54, 1.807) is 44.9 Å². The number of carboxylic acid groups (broad SMARTS) is 1. The summed E-state index contributed by atoms with van der Waals surface area (Å²) < 4.78 is 5.98. The number of hydrogen-bond acceptors (Lipinski definition) is 5. The summed E-state index contributed by atoms with van der Waals surface area (Å²) in [5.74, 6) is 0.255. The van der Waals surface area contributed by atoms with E-state index in [0.29, 0.717) is 12.2 Å². The van der Waals surface area contributed by atoms with Crippen molar-refractivity contribution in [2.24, 2.45) is 0 Å². The molecule has 1 heterocycles. The van der Waals surface area contributed by atoms with Crippen LogP contribution in [-0.2, 0) is 15.3 Å². The molecule has 0 saturated heterocycles. The normalized spacial score (nSPS) is 12.5. The molecule has 1 unspecified atom stereocenters. The number of rotatable bonds is 7. The van der Waals surface area contributed by atoms with Crippen molar-refractivity contribution in [2.45, 2.75) is 44.6 Å². The molecule has 1 atom stereocenters. The zero-order valence-electron chi connectivity index (χ0n) is 13.3. The summed E-state index contributed by atoms with van der Waals surface area (Å²) >= 11 is 4.94. The van der Waals surface area contributed by atoms with Gasteiger partial charge in [-0.1, -0.05) is 0 Å². The minimum atomic E-state index is -1.07. The SMILES string of the molecule is CC(C)(C)OC(=O)NC(CCSCc1cncc(Br)c1)C(=O)O. The number of alkyl carbamates (subject to hydrolysis) is 1. The Labute approximate surface area is 148 Å². The van der Waals surface area contributed by atoms with Crippen molar-refractivity contribution < 1.29 is 19.4 Å². The molecule has 8 heteroatoms. The number of thioether (sulfide) groups is 1. The number of amides is 1. The minimum Gasteiger partial charge on any atom is -0.480 e. The van der Waals surface area contributed by atoms with Crippen molar-refractivity contribution in [3.8, 4) is 0 Å². The van der Waals surface area contributed by atoms with Gasteiger partial charge in [0.25, 0.3) is 0 Å². The highest BCUT2D eigenvalue weighted by molar-refractivity contribution is 9.10. The van der Waals surface area contributed by atoms with Gasteiger partial charge in [0.05, 0.1) is 0 Å². The highest BCUT2D eigenvalue weighted by Gasteiger charge is 2.23. The van der Waals surface area contributed by atoms with Gasteiger partial charge >= 0.3 is 12.1 Å². The number of carbonyl (C=O) groups is 2. The summed E-state index contributed by atoms with van der Waals surface area (Å²) in [6.45, 7) is 5.18. The Kier molecular flexibility index (Phi) is 7.84. The zero-order valence-corrected chi connectivity index (χ0v) is 15.7. The number of aliphatic carboxylic acids is 1.